The van der Waals surface area contributed by atoms with E-state index in [9.17, 15) is 18.5 Å². The van der Waals surface area contributed by atoms with Gasteiger partial charge in [-0.25, -0.2) is 13.1 Å². The Kier molecular flexibility index (Phi) is 4.58. The molecule has 0 saturated carbocycles. The number of nitro benzene ring substituents is 1. The second-order valence-corrected chi connectivity index (χ2v) is 5.92. The van der Waals surface area contributed by atoms with Crippen LogP contribution in [0.25, 0.3) is 0 Å². The lowest BCUT2D eigenvalue weighted by molar-refractivity contribution is -0.384. The molecule has 1 aromatic carbocycles. The number of aliphatic hydroxyl groups excluding tert-OH is 2. The third-order valence-electron chi connectivity index (χ3n) is 2.44. The Hall–Kier alpha value is -1.55. The molecule has 1 rings (SSSR count). The first kappa shape index (κ1) is 15.5. The molecule has 0 aliphatic rings. The molecule has 3 N–H and O–H groups in total. The Labute approximate surface area is 109 Å². The lowest BCUT2D eigenvalue weighted by atomic mass is 10.1. The molecule has 8 nitrogen and oxygen atoms in total. The summed E-state index contributed by atoms with van der Waals surface area (Å²) in [5.41, 5.74) is -1.63. The third-order valence-corrected chi connectivity index (χ3v) is 4.09. The minimum atomic E-state index is -3.98. The van der Waals surface area contributed by atoms with Gasteiger partial charge in [-0.15, -0.1) is 0 Å². The molecule has 0 fully saturated rings. The number of non-ortho nitro benzene ring substituents is 1. The predicted molar refractivity (Wildman–Crippen MR) is 66.0 cm³/mol. The molecule has 0 aliphatic carbocycles. The first-order valence-corrected chi connectivity index (χ1v) is 6.72. The molecule has 0 heterocycles. The van der Waals surface area contributed by atoms with E-state index in [4.69, 9.17) is 10.2 Å². The number of aliphatic hydroxyl groups is 2. The van der Waals surface area contributed by atoms with Crippen LogP contribution in [0.1, 0.15) is 6.92 Å². The van der Waals surface area contributed by atoms with Gasteiger partial charge in [-0.1, -0.05) is 0 Å². The maximum absolute atomic E-state index is 11.9. The molecule has 0 radical (unpaired) electrons. The molecular formula is C10H14N2O6S. The van der Waals surface area contributed by atoms with Gasteiger partial charge >= 0.3 is 0 Å². The van der Waals surface area contributed by atoms with Crippen molar-refractivity contribution in [1.82, 2.24) is 4.72 Å². The Morgan fingerprint density at radius 1 is 1.26 bits per heavy atom. The van der Waals surface area contributed by atoms with E-state index >= 15 is 0 Å². The van der Waals surface area contributed by atoms with Gasteiger partial charge in [0.05, 0.1) is 28.6 Å². The van der Waals surface area contributed by atoms with Crippen molar-refractivity contribution in [2.75, 3.05) is 13.2 Å². The molecule has 0 atom stereocenters. The summed E-state index contributed by atoms with van der Waals surface area (Å²) in [4.78, 5) is 9.63. The van der Waals surface area contributed by atoms with Crippen molar-refractivity contribution in [3.8, 4) is 0 Å². The molecule has 0 unspecified atom stereocenters. The van der Waals surface area contributed by atoms with Crippen molar-refractivity contribution in [2.45, 2.75) is 17.4 Å². The van der Waals surface area contributed by atoms with Gasteiger partial charge in [0.1, 0.15) is 0 Å². The van der Waals surface area contributed by atoms with Crippen LogP contribution in [0.5, 0.6) is 0 Å². The predicted octanol–water partition coefficient (Wildman–Crippen LogP) is -0.384. The van der Waals surface area contributed by atoms with Gasteiger partial charge in [-0.05, 0) is 19.1 Å². The number of nitrogens with zero attached hydrogens (tertiary/aromatic N) is 1. The topological polar surface area (TPSA) is 130 Å². The van der Waals surface area contributed by atoms with E-state index in [1.807, 2.05) is 0 Å². The molecule has 9 heteroatoms. The standard InChI is InChI=1S/C10H14N2O6S/c1-10(6-13,7-14)11-19(17,18)9-4-2-8(3-5-9)12(15)16/h2-5,11,13-14H,6-7H2,1H3. The first-order chi connectivity index (χ1) is 8.74. The van der Waals surface area contributed by atoms with Crippen molar-refractivity contribution >= 4 is 15.7 Å². The minimum absolute atomic E-state index is 0.189. The number of nitro groups is 1. The average molecular weight is 290 g/mol. The maximum atomic E-state index is 11.9. The quantitative estimate of drug-likeness (QED) is 0.483. The van der Waals surface area contributed by atoms with E-state index in [-0.39, 0.29) is 10.6 Å². The zero-order valence-corrected chi connectivity index (χ0v) is 10.9. The van der Waals surface area contributed by atoms with Crippen LogP contribution < -0.4 is 4.72 Å². The van der Waals surface area contributed by atoms with Crippen LogP contribution in [0.15, 0.2) is 29.2 Å². The Morgan fingerprint density at radius 3 is 2.11 bits per heavy atom. The second-order valence-electron chi connectivity index (χ2n) is 4.23. The molecule has 0 amide bonds. The van der Waals surface area contributed by atoms with E-state index in [1.165, 1.54) is 6.92 Å². The smallest absolute Gasteiger partial charge is 0.269 e. The van der Waals surface area contributed by atoms with Crippen molar-refractivity contribution in [3.05, 3.63) is 34.4 Å². The minimum Gasteiger partial charge on any atom is -0.394 e. The van der Waals surface area contributed by atoms with Crippen molar-refractivity contribution in [2.24, 2.45) is 0 Å². The van der Waals surface area contributed by atoms with Crippen molar-refractivity contribution in [1.29, 1.82) is 0 Å². The molecular weight excluding hydrogens is 276 g/mol. The molecule has 0 aliphatic heterocycles. The monoisotopic (exact) mass is 290 g/mol. The highest BCUT2D eigenvalue weighted by molar-refractivity contribution is 7.89. The number of hydrogen-bond donors (Lipinski definition) is 3. The summed E-state index contributed by atoms with van der Waals surface area (Å²) in [6, 6.07) is 4.28. The summed E-state index contributed by atoms with van der Waals surface area (Å²) >= 11 is 0. The maximum Gasteiger partial charge on any atom is 0.269 e. The highest BCUT2D eigenvalue weighted by Crippen LogP contribution is 2.17. The molecule has 1 aromatic rings. The molecule has 19 heavy (non-hydrogen) atoms. The lowest BCUT2D eigenvalue weighted by Crippen LogP contribution is -2.51. The van der Waals surface area contributed by atoms with Gasteiger partial charge in [-0.2, -0.15) is 0 Å². The summed E-state index contributed by atoms with van der Waals surface area (Å²) in [5, 5.41) is 28.5. The van der Waals surface area contributed by atoms with E-state index < -0.39 is 33.7 Å². The van der Waals surface area contributed by atoms with Crippen LogP contribution in [0.3, 0.4) is 0 Å². The van der Waals surface area contributed by atoms with Crippen molar-refractivity contribution < 1.29 is 23.6 Å². The van der Waals surface area contributed by atoms with Crippen LogP contribution >= 0.6 is 0 Å². The van der Waals surface area contributed by atoms with Crippen LogP contribution in [-0.2, 0) is 10.0 Å². The van der Waals surface area contributed by atoms with Gasteiger partial charge in [0.2, 0.25) is 10.0 Å². The lowest BCUT2D eigenvalue weighted by Gasteiger charge is -2.25. The second kappa shape index (κ2) is 5.61. The zero-order valence-electron chi connectivity index (χ0n) is 10.1. The highest BCUT2D eigenvalue weighted by Gasteiger charge is 2.29. The number of hydrogen-bond acceptors (Lipinski definition) is 6. The molecule has 0 saturated heterocycles. The summed E-state index contributed by atoms with van der Waals surface area (Å²) in [6.45, 7) is 0.154. The SMILES string of the molecule is CC(CO)(CO)NS(=O)(=O)c1ccc([N+](=O)[O-])cc1. The van der Waals surface area contributed by atoms with E-state index in [2.05, 4.69) is 4.72 Å². The van der Waals surface area contributed by atoms with Gasteiger partial charge < -0.3 is 10.2 Å². The summed E-state index contributed by atoms with van der Waals surface area (Å²) in [5.74, 6) is 0. The van der Waals surface area contributed by atoms with Gasteiger partial charge in [0.25, 0.3) is 5.69 Å². The van der Waals surface area contributed by atoms with E-state index in [1.54, 1.807) is 0 Å². The van der Waals surface area contributed by atoms with Crippen LogP contribution in [-0.4, -0.2) is 42.3 Å². The normalized spacial score (nSPS) is 12.4. The van der Waals surface area contributed by atoms with Crippen molar-refractivity contribution in [3.63, 3.8) is 0 Å². The summed E-state index contributed by atoms with van der Waals surface area (Å²) in [6.07, 6.45) is 0. The molecule has 0 aromatic heterocycles. The number of nitrogens with one attached hydrogen (secondary N) is 1. The summed E-state index contributed by atoms with van der Waals surface area (Å²) in [7, 11) is -3.98. The number of benzene rings is 1. The average Bonchev–Trinajstić information content (AvgIpc) is 2.38. The Bertz CT molecular complexity index is 550. The fraction of sp³-hybridized carbons (Fsp3) is 0.400. The third kappa shape index (κ3) is 3.70. The van der Waals surface area contributed by atoms with E-state index in [0.29, 0.717) is 0 Å². The fourth-order valence-corrected chi connectivity index (χ4v) is 2.63. The Morgan fingerprint density at radius 2 is 1.74 bits per heavy atom. The number of rotatable bonds is 6. The van der Waals surface area contributed by atoms with E-state index in [0.717, 1.165) is 24.3 Å². The Balaban J connectivity index is 3.04. The molecule has 0 bridgehead atoms. The zero-order chi connectivity index (χ0) is 14.7. The van der Waals surface area contributed by atoms with Gasteiger partial charge in [0, 0.05) is 12.1 Å². The largest absolute Gasteiger partial charge is 0.394 e. The summed E-state index contributed by atoms with van der Waals surface area (Å²) < 4.78 is 26.0. The van der Waals surface area contributed by atoms with Gasteiger partial charge in [-0.3, -0.25) is 10.1 Å². The van der Waals surface area contributed by atoms with Gasteiger partial charge in [0.15, 0.2) is 0 Å². The molecule has 106 valence electrons. The fourth-order valence-electron chi connectivity index (χ4n) is 1.24. The number of sulfonamides is 1. The highest BCUT2D eigenvalue weighted by atomic mass is 32.2. The van der Waals surface area contributed by atoms with Crippen LogP contribution in [0, 0.1) is 10.1 Å². The molecule has 0 spiro atoms. The first-order valence-electron chi connectivity index (χ1n) is 5.24. The van der Waals surface area contributed by atoms with Crippen LogP contribution in [0.4, 0.5) is 5.69 Å². The van der Waals surface area contributed by atoms with Crippen LogP contribution in [0.2, 0.25) is 0 Å².